The van der Waals surface area contributed by atoms with Crippen LogP contribution in [0.2, 0.25) is 10.0 Å². The van der Waals surface area contributed by atoms with Gasteiger partial charge in [-0.1, -0.05) is 41.4 Å². The van der Waals surface area contributed by atoms with Crippen molar-refractivity contribution in [3.8, 4) is 5.75 Å². The molecule has 0 saturated carbocycles. The molecule has 0 amide bonds. The van der Waals surface area contributed by atoms with Crippen molar-refractivity contribution in [2.75, 3.05) is 19.7 Å². The van der Waals surface area contributed by atoms with E-state index < -0.39 is 5.60 Å². The standard InChI is InChI=1S/C26H33Cl2NO4/c1-25(2,3)33-24(30)13-14-29-15-23(32-17-26(29,4)5)18-9-11-19(12-10-18)31-16-20-21(27)7-6-8-22(20)28/h6-12,23H,13-17H2,1-5H3. The van der Waals surface area contributed by atoms with Crippen molar-refractivity contribution in [1.82, 2.24) is 4.90 Å². The molecule has 1 aliphatic rings. The number of carbonyl (C=O) groups excluding carboxylic acids is 1. The summed E-state index contributed by atoms with van der Waals surface area (Å²) in [5.74, 6) is 0.550. The molecule has 1 saturated heterocycles. The predicted molar refractivity (Wildman–Crippen MR) is 132 cm³/mol. The molecule has 0 N–H and O–H groups in total. The molecule has 33 heavy (non-hydrogen) atoms. The summed E-state index contributed by atoms with van der Waals surface area (Å²) >= 11 is 12.4. The van der Waals surface area contributed by atoms with Crippen molar-refractivity contribution in [2.24, 2.45) is 0 Å². The zero-order chi connectivity index (χ0) is 24.2. The molecule has 1 unspecified atom stereocenters. The first-order valence-corrected chi connectivity index (χ1v) is 11.9. The molecular formula is C26H33Cl2NO4. The average Bonchev–Trinajstić information content (AvgIpc) is 2.72. The molecule has 1 heterocycles. The fourth-order valence-corrected chi connectivity index (χ4v) is 4.22. The smallest absolute Gasteiger partial charge is 0.307 e. The third kappa shape index (κ3) is 7.35. The van der Waals surface area contributed by atoms with Crippen LogP contribution >= 0.6 is 23.2 Å². The summed E-state index contributed by atoms with van der Waals surface area (Å²) < 4.78 is 17.5. The molecule has 0 bridgehead atoms. The van der Waals surface area contributed by atoms with Crippen molar-refractivity contribution >= 4 is 29.2 Å². The lowest BCUT2D eigenvalue weighted by molar-refractivity contribution is -0.157. The van der Waals surface area contributed by atoms with E-state index in [0.717, 1.165) is 16.9 Å². The van der Waals surface area contributed by atoms with Crippen LogP contribution in [0.3, 0.4) is 0 Å². The third-order valence-electron chi connectivity index (χ3n) is 5.58. The van der Waals surface area contributed by atoms with Crippen LogP contribution in [-0.2, 0) is 20.9 Å². The van der Waals surface area contributed by atoms with E-state index in [1.54, 1.807) is 12.1 Å². The highest BCUT2D eigenvalue weighted by molar-refractivity contribution is 6.35. The summed E-state index contributed by atoms with van der Waals surface area (Å²) in [6.45, 7) is 12.1. The maximum Gasteiger partial charge on any atom is 0.307 e. The maximum absolute atomic E-state index is 12.2. The van der Waals surface area contributed by atoms with Gasteiger partial charge < -0.3 is 14.2 Å². The Labute approximate surface area is 206 Å². The van der Waals surface area contributed by atoms with Crippen LogP contribution in [0.5, 0.6) is 5.75 Å². The number of halogens is 2. The predicted octanol–water partition coefficient (Wildman–Crippen LogP) is 6.46. The van der Waals surface area contributed by atoms with Crippen LogP contribution < -0.4 is 4.74 Å². The normalized spacial score (nSPS) is 18.7. The van der Waals surface area contributed by atoms with Gasteiger partial charge in [0.25, 0.3) is 0 Å². The number of rotatable bonds is 7. The highest BCUT2D eigenvalue weighted by Gasteiger charge is 2.36. The second-order valence-corrected chi connectivity index (χ2v) is 10.8. The Hall–Kier alpha value is -1.79. The van der Waals surface area contributed by atoms with E-state index >= 15 is 0 Å². The Morgan fingerprint density at radius 2 is 1.76 bits per heavy atom. The number of carbonyl (C=O) groups is 1. The van der Waals surface area contributed by atoms with Crippen molar-refractivity contribution in [2.45, 2.75) is 64.9 Å². The minimum absolute atomic E-state index is 0.0799. The van der Waals surface area contributed by atoms with E-state index in [4.69, 9.17) is 37.4 Å². The van der Waals surface area contributed by atoms with Crippen LogP contribution in [0.1, 0.15) is 58.3 Å². The van der Waals surface area contributed by atoms with E-state index in [1.807, 2.05) is 51.1 Å². The van der Waals surface area contributed by atoms with Crippen molar-refractivity contribution in [3.63, 3.8) is 0 Å². The second kappa shape index (κ2) is 10.6. The number of hydrogen-bond donors (Lipinski definition) is 0. The molecule has 1 aliphatic heterocycles. The molecule has 2 aromatic carbocycles. The van der Waals surface area contributed by atoms with Gasteiger partial charge in [-0.15, -0.1) is 0 Å². The molecule has 180 valence electrons. The quantitative estimate of drug-likeness (QED) is 0.414. The highest BCUT2D eigenvalue weighted by atomic mass is 35.5. The van der Waals surface area contributed by atoms with Crippen LogP contribution in [0.4, 0.5) is 0 Å². The highest BCUT2D eigenvalue weighted by Crippen LogP contribution is 2.32. The van der Waals surface area contributed by atoms with Crippen molar-refractivity contribution in [3.05, 3.63) is 63.6 Å². The van der Waals surface area contributed by atoms with Gasteiger partial charge in [0.05, 0.1) is 19.1 Å². The maximum atomic E-state index is 12.2. The zero-order valence-corrected chi connectivity index (χ0v) is 21.5. The van der Waals surface area contributed by atoms with Gasteiger partial charge in [-0.25, -0.2) is 0 Å². The number of esters is 1. The molecule has 0 aliphatic carbocycles. The fraction of sp³-hybridized carbons (Fsp3) is 0.500. The summed E-state index contributed by atoms with van der Waals surface area (Å²) in [4.78, 5) is 14.5. The zero-order valence-electron chi connectivity index (χ0n) is 20.0. The molecule has 1 fully saturated rings. The SMILES string of the molecule is CC(C)(C)OC(=O)CCN1CC(c2ccc(OCc3c(Cl)cccc3Cl)cc2)OCC1(C)C. The molecule has 0 aromatic heterocycles. The molecule has 2 aromatic rings. The summed E-state index contributed by atoms with van der Waals surface area (Å²) in [5, 5.41) is 1.17. The van der Waals surface area contributed by atoms with Gasteiger partial charge in [-0.2, -0.15) is 0 Å². The molecular weight excluding hydrogens is 461 g/mol. The Morgan fingerprint density at radius 1 is 1.12 bits per heavy atom. The topological polar surface area (TPSA) is 48.0 Å². The summed E-state index contributed by atoms with van der Waals surface area (Å²) in [5.41, 5.74) is 1.20. The van der Waals surface area contributed by atoms with E-state index in [-0.39, 0.29) is 17.6 Å². The second-order valence-electron chi connectivity index (χ2n) is 9.95. The first-order chi connectivity index (χ1) is 15.4. The number of hydrogen-bond acceptors (Lipinski definition) is 5. The molecule has 1 atom stereocenters. The van der Waals surface area contributed by atoms with Crippen molar-refractivity contribution < 1.29 is 19.0 Å². The summed E-state index contributed by atoms with van der Waals surface area (Å²) in [6, 6.07) is 13.3. The number of ether oxygens (including phenoxy) is 3. The molecule has 7 heteroatoms. The molecule has 5 nitrogen and oxygen atoms in total. The summed E-state index contributed by atoms with van der Waals surface area (Å²) in [7, 11) is 0. The first kappa shape index (κ1) is 25.8. The van der Waals surface area contributed by atoms with Gasteiger partial charge >= 0.3 is 5.97 Å². The fourth-order valence-electron chi connectivity index (χ4n) is 3.71. The molecule has 3 rings (SSSR count). The van der Waals surface area contributed by atoms with Crippen LogP contribution in [-0.4, -0.2) is 41.7 Å². The van der Waals surface area contributed by atoms with Crippen LogP contribution in [0.25, 0.3) is 0 Å². The van der Waals surface area contributed by atoms with E-state index in [2.05, 4.69) is 18.7 Å². The Balaban J connectivity index is 1.59. The lowest BCUT2D eigenvalue weighted by atomic mass is 9.97. The van der Waals surface area contributed by atoms with Gasteiger partial charge in [-0.05, 0) is 64.4 Å². The third-order valence-corrected chi connectivity index (χ3v) is 6.29. The minimum atomic E-state index is -0.471. The van der Waals surface area contributed by atoms with Gasteiger partial charge in [0.2, 0.25) is 0 Å². The van der Waals surface area contributed by atoms with Gasteiger partial charge in [0, 0.05) is 34.2 Å². The molecule has 0 spiro atoms. The largest absolute Gasteiger partial charge is 0.489 e. The van der Waals surface area contributed by atoms with Gasteiger partial charge in [0.15, 0.2) is 0 Å². The van der Waals surface area contributed by atoms with E-state index in [1.165, 1.54) is 0 Å². The first-order valence-electron chi connectivity index (χ1n) is 11.2. The van der Waals surface area contributed by atoms with Crippen LogP contribution in [0, 0.1) is 0 Å². The summed E-state index contributed by atoms with van der Waals surface area (Å²) in [6.07, 6.45) is 0.272. The van der Waals surface area contributed by atoms with Gasteiger partial charge in [0.1, 0.15) is 18.0 Å². The monoisotopic (exact) mass is 493 g/mol. The van der Waals surface area contributed by atoms with Crippen LogP contribution in [0.15, 0.2) is 42.5 Å². The van der Waals surface area contributed by atoms with E-state index in [9.17, 15) is 4.79 Å². The lowest BCUT2D eigenvalue weighted by Gasteiger charge is -2.45. The average molecular weight is 494 g/mol. The number of nitrogens with zero attached hydrogens (tertiary/aromatic N) is 1. The lowest BCUT2D eigenvalue weighted by Crippen LogP contribution is -2.54. The Morgan fingerprint density at radius 3 is 2.36 bits per heavy atom. The van der Waals surface area contributed by atoms with E-state index in [0.29, 0.717) is 42.8 Å². The number of morpholine rings is 1. The van der Waals surface area contributed by atoms with Gasteiger partial charge in [-0.3, -0.25) is 9.69 Å². The number of benzene rings is 2. The Bertz CT molecular complexity index is 934. The van der Waals surface area contributed by atoms with Crippen molar-refractivity contribution in [1.29, 1.82) is 0 Å². The molecule has 0 radical (unpaired) electrons. The Kier molecular flexibility index (Phi) is 8.33. The minimum Gasteiger partial charge on any atom is -0.489 e.